The Kier molecular flexibility index (Phi) is 4.96. The van der Waals surface area contributed by atoms with Gasteiger partial charge in [-0.2, -0.15) is 0 Å². The van der Waals surface area contributed by atoms with Gasteiger partial charge in [-0.3, -0.25) is 14.2 Å². The van der Waals surface area contributed by atoms with Gasteiger partial charge in [-0.25, -0.2) is 9.36 Å². The smallest absolute Gasteiger partial charge is 0.332 e. The number of fused-ring (bicyclic) bond motifs is 1. The summed E-state index contributed by atoms with van der Waals surface area (Å²) in [5, 5.41) is 10.2. The van der Waals surface area contributed by atoms with E-state index in [0.29, 0.717) is 25.8 Å². The molecule has 1 aromatic carbocycles. The normalized spacial score (nSPS) is 11.2. The molecule has 2 heterocycles. The summed E-state index contributed by atoms with van der Waals surface area (Å²) in [6, 6.07) is 4.99. The van der Waals surface area contributed by atoms with Crippen LogP contribution in [0.1, 0.15) is 16.0 Å². The fourth-order valence-corrected chi connectivity index (χ4v) is 4.20. The number of carbonyl (C=O) groups is 1. The van der Waals surface area contributed by atoms with Gasteiger partial charge in [0.2, 0.25) is 0 Å². The first-order valence-electron chi connectivity index (χ1n) is 7.59. The average Bonchev–Trinajstić information content (AvgIpc) is 2.86. The summed E-state index contributed by atoms with van der Waals surface area (Å²) in [5.74, 6) is -1.26. The van der Waals surface area contributed by atoms with Gasteiger partial charge in [-0.15, -0.1) is 11.3 Å². The van der Waals surface area contributed by atoms with Gasteiger partial charge < -0.3 is 5.11 Å². The van der Waals surface area contributed by atoms with Crippen LogP contribution in [0.4, 0.5) is 0 Å². The first-order chi connectivity index (χ1) is 12.2. The highest BCUT2D eigenvalue weighted by molar-refractivity contribution is 7.18. The molecule has 0 fully saturated rings. The summed E-state index contributed by atoms with van der Waals surface area (Å²) < 4.78 is 2.16. The van der Waals surface area contributed by atoms with Gasteiger partial charge in [-0.1, -0.05) is 29.3 Å². The van der Waals surface area contributed by atoms with Gasteiger partial charge in [0.05, 0.1) is 22.0 Å². The van der Waals surface area contributed by atoms with E-state index >= 15 is 0 Å². The van der Waals surface area contributed by atoms with E-state index in [1.807, 2.05) is 6.92 Å². The lowest BCUT2D eigenvalue weighted by molar-refractivity contribution is -0.137. The number of nitrogens with zero attached hydrogens (tertiary/aromatic N) is 2. The lowest BCUT2D eigenvalue weighted by atomic mass is 10.2. The highest BCUT2D eigenvalue weighted by Crippen LogP contribution is 2.28. The van der Waals surface area contributed by atoms with Crippen molar-refractivity contribution in [3.63, 3.8) is 0 Å². The minimum absolute atomic E-state index is 0.144. The van der Waals surface area contributed by atoms with Crippen LogP contribution in [0.3, 0.4) is 0 Å². The second-order valence-electron chi connectivity index (χ2n) is 5.87. The number of carboxylic acid groups (broad SMARTS) is 1. The van der Waals surface area contributed by atoms with Crippen molar-refractivity contribution in [2.45, 2.75) is 26.9 Å². The number of aliphatic carboxylic acids is 1. The summed E-state index contributed by atoms with van der Waals surface area (Å²) in [5.41, 5.74) is 0.209. The molecule has 3 rings (SSSR count). The zero-order valence-electron chi connectivity index (χ0n) is 13.9. The van der Waals surface area contributed by atoms with Crippen LogP contribution in [0.15, 0.2) is 27.8 Å². The number of hydrogen-bond donors (Lipinski definition) is 1. The van der Waals surface area contributed by atoms with Crippen LogP contribution in [0.5, 0.6) is 0 Å². The molecular weight excluding hydrogens is 399 g/mol. The van der Waals surface area contributed by atoms with Crippen molar-refractivity contribution >= 4 is 50.7 Å². The molecule has 0 saturated heterocycles. The van der Waals surface area contributed by atoms with Crippen LogP contribution in [-0.4, -0.2) is 20.2 Å². The van der Waals surface area contributed by atoms with E-state index in [1.165, 1.54) is 15.9 Å². The number of thiophene rings is 1. The summed E-state index contributed by atoms with van der Waals surface area (Å²) >= 11 is 13.3. The molecule has 0 radical (unpaired) electrons. The SMILES string of the molecule is Cc1sc2c(c1C)c(=O)n(CC(=O)O)c(=O)n2Cc1ccc(Cl)c(Cl)c1. The van der Waals surface area contributed by atoms with E-state index in [4.69, 9.17) is 28.3 Å². The third kappa shape index (κ3) is 3.18. The number of halogens is 2. The lowest BCUT2D eigenvalue weighted by Crippen LogP contribution is -2.41. The minimum Gasteiger partial charge on any atom is -0.480 e. The van der Waals surface area contributed by atoms with Gasteiger partial charge in [0.15, 0.2) is 0 Å². The average molecular weight is 413 g/mol. The molecule has 0 atom stereocenters. The molecular formula is C17H14Cl2N2O4S. The highest BCUT2D eigenvalue weighted by Gasteiger charge is 2.20. The first-order valence-corrected chi connectivity index (χ1v) is 9.17. The van der Waals surface area contributed by atoms with Crippen molar-refractivity contribution in [2.24, 2.45) is 0 Å². The summed E-state index contributed by atoms with van der Waals surface area (Å²) in [7, 11) is 0. The van der Waals surface area contributed by atoms with Gasteiger partial charge in [0.1, 0.15) is 11.4 Å². The summed E-state index contributed by atoms with van der Waals surface area (Å²) in [6.07, 6.45) is 0. The van der Waals surface area contributed by atoms with E-state index in [-0.39, 0.29) is 6.54 Å². The Bertz CT molecular complexity index is 1160. The van der Waals surface area contributed by atoms with Crippen molar-refractivity contribution in [2.75, 3.05) is 0 Å². The first kappa shape index (κ1) is 18.7. The van der Waals surface area contributed by atoms with Gasteiger partial charge >= 0.3 is 11.7 Å². The van der Waals surface area contributed by atoms with Crippen LogP contribution in [-0.2, 0) is 17.9 Å². The van der Waals surface area contributed by atoms with Crippen molar-refractivity contribution in [3.05, 3.63) is 65.1 Å². The van der Waals surface area contributed by atoms with Gasteiger partial charge in [0, 0.05) is 4.88 Å². The Balaban J connectivity index is 2.30. The van der Waals surface area contributed by atoms with Crippen molar-refractivity contribution in [3.8, 4) is 0 Å². The molecule has 0 unspecified atom stereocenters. The number of carboxylic acids is 1. The predicted octanol–water partition coefficient (Wildman–Crippen LogP) is 3.28. The molecule has 26 heavy (non-hydrogen) atoms. The number of benzene rings is 1. The minimum atomic E-state index is -1.26. The van der Waals surface area contributed by atoms with Crippen molar-refractivity contribution in [1.82, 2.24) is 9.13 Å². The third-order valence-electron chi connectivity index (χ3n) is 4.15. The molecule has 1 N–H and O–H groups in total. The Morgan fingerprint density at radius 2 is 1.85 bits per heavy atom. The van der Waals surface area contributed by atoms with Crippen LogP contribution in [0.2, 0.25) is 10.0 Å². The topological polar surface area (TPSA) is 81.3 Å². The maximum atomic E-state index is 12.8. The molecule has 0 amide bonds. The van der Waals surface area contributed by atoms with Crippen LogP contribution < -0.4 is 11.2 Å². The molecule has 6 nitrogen and oxygen atoms in total. The lowest BCUT2D eigenvalue weighted by Gasteiger charge is -2.12. The second kappa shape index (κ2) is 6.90. The Morgan fingerprint density at radius 1 is 1.15 bits per heavy atom. The summed E-state index contributed by atoms with van der Waals surface area (Å²) in [4.78, 5) is 38.0. The molecule has 0 bridgehead atoms. The Labute approximate surface area is 161 Å². The summed E-state index contributed by atoms with van der Waals surface area (Å²) in [6.45, 7) is 3.10. The maximum Gasteiger partial charge on any atom is 0.332 e. The van der Waals surface area contributed by atoms with Crippen LogP contribution in [0.25, 0.3) is 10.2 Å². The molecule has 136 valence electrons. The van der Waals surface area contributed by atoms with Crippen molar-refractivity contribution in [1.29, 1.82) is 0 Å². The standard InChI is InChI=1S/C17H14Cl2N2O4S/c1-8-9(2)26-16-14(8)15(24)20(7-13(22)23)17(25)21(16)6-10-3-4-11(18)12(19)5-10/h3-5H,6-7H2,1-2H3,(H,22,23). The molecule has 0 aliphatic carbocycles. The van der Waals surface area contributed by atoms with E-state index in [0.717, 1.165) is 15.0 Å². The Morgan fingerprint density at radius 3 is 2.46 bits per heavy atom. The van der Waals surface area contributed by atoms with E-state index in [1.54, 1.807) is 25.1 Å². The molecule has 0 spiro atoms. The molecule has 0 aliphatic heterocycles. The van der Waals surface area contributed by atoms with Crippen molar-refractivity contribution < 1.29 is 9.90 Å². The molecule has 2 aromatic heterocycles. The number of aromatic nitrogens is 2. The number of hydrogen-bond acceptors (Lipinski definition) is 4. The largest absolute Gasteiger partial charge is 0.480 e. The van der Waals surface area contributed by atoms with Crippen LogP contribution in [0, 0.1) is 13.8 Å². The zero-order valence-corrected chi connectivity index (χ0v) is 16.2. The third-order valence-corrected chi connectivity index (χ3v) is 6.12. The number of aryl methyl sites for hydroxylation is 2. The fourth-order valence-electron chi connectivity index (χ4n) is 2.74. The zero-order chi connectivity index (χ0) is 19.2. The van der Waals surface area contributed by atoms with Gasteiger partial charge in [0.25, 0.3) is 5.56 Å². The quantitative estimate of drug-likeness (QED) is 0.712. The van der Waals surface area contributed by atoms with Crippen LogP contribution >= 0.6 is 34.5 Å². The van der Waals surface area contributed by atoms with E-state index in [2.05, 4.69) is 0 Å². The monoisotopic (exact) mass is 412 g/mol. The van der Waals surface area contributed by atoms with Gasteiger partial charge in [-0.05, 0) is 37.1 Å². The fraction of sp³-hybridized carbons (Fsp3) is 0.235. The molecule has 0 saturated carbocycles. The molecule has 3 aromatic rings. The Hall–Kier alpha value is -2.09. The molecule has 0 aliphatic rings. The maximum absolute atomic E-state index is 12.8. The second-order valence-corrected chi connectivity index (χ2v) is 7.88. The predicted molar refractivity (Wildman–Crippen MR) is 103 cm³/mol. The number of rotatable bonds is 4. The highest BCUT2D eigenvalue weighted by atomic mass is 35.5. The van der Waals surface area contributed by atoms with E-state index < -0.39 is 23.8 Å². The molecule has 9 heteroatoms. The van der Waals surface area contributed by atoms with E-state index in [9.17, 15) is 14.4 Å².